The molecule has 0 radical (unpaired) electrons. The van der Waals surface area contributed by atoms with Gasteiger partial charge in [0.25, 0.3) is 0 Å². The molecule has 7 heteroatoms. The number of H-pyrrole nitrogens is 1. The van der Waals surface area contributed by atoms with Gasteiger partial charge in [0.2, 0.25) is 10.0 Å². The lowest BCUT2D eigenvalue weighted by atomic mass is 10.2. The Balaban J connectivity index is 2.23. The minimum Gasteiger partial charge on any atom is -0.308 e. The van der Waals surface area contributed by atoms with E-state index in [1.165, 1.54) is 16.7 Å². The number of sulfonamides is 1. The zero-order chi connectivity index (χ0) is 15.3. The highest BCUT2D eigenvalue weighted by atomic mass is 32.2. The van der Waals surface area contributed by atoms with E-state index in [0.717, 1.165) is 5.56 Å². The van der Waals surface area contributed by atoms with Gasteiger partial charge < -0.3 is 4.90 Å². The standard InChI is InChI=1S/C14H20N4O2S/c1-17(2)8-9-18(12-13-6-4-3-5-7-13)21(19,20)14-10-15-16-11-14/h3-7,10-11H,8-9,12H2,1-2H3,(H,15,16). The molecule has 0 saturated heterocycles. The molecule has 0 aliphatic carbocycles. The predicted octanol–water partition coefficient (Wildman–Crippen LogP) is 1.16. The van der Waals surface area contributed by atoms with Crippen LogP contribution in [0.25, 0.3) is 0 Å². The molecule has 114 valence electrons. The lowest BCUT2D eigenvalue weighted by Gasteiger charge is -2.23. The largest absolute Gasteiger partial charge is 0.308 e. The molecule has 0 spiro atoms. The van der Waals surface area contributed by atoms with Crippen molar-refractivity contribution in [2.45, 2.75) is 11.4 Å². The fraction of sp³-hybridized carbons (Fsp3) is 0.357. The Hall–Kier alpha value is -1.70. The number of aromatic amines is 1. The average Bonchev–Trinajstić information content (AvgIpc) is 2.99. The second-order valence-corrected chi connectivity index (χ2v) is 7.00. The summed E-state index contributed by atoms with van der Waals surface area (Å²) >= 11 is 0. The van der Waals surface area contributed by atoms with Gasteiger partial charge in [0.1, 0.15) is 4.90 Å². The number of hydrogen-bond acceptors (Lipinski definition) is 4. The van der Waals surface area contributed by atoms with Crippen molar-refractivity contribution in [3.63, 3.8) is 0 Å². The highest BCUT2D eigenvalue weighted by Gasteiger charge is 2.25. The van der Waals surface area contributed by atoms with Crippen LogP contribution >= 0.6 is 0 Å². The highest BCUT2D eigenvalue weighted by Crippen LogP contribution is 2.17. The number of aromatic nitrogens is 2. The number of hydrogen-bond donors (Lipinski definition) is 1. The van der Waals surface area contributed by atoms with E-state index in [1.54, 1.807) is 0 Å². The second kappa shape index (κ2) is 6.84. The molecular weight excluding hydrogens is 288 g/mol. The molecule has 21 heavy (non-hydrogen) atoms. The summed E-state index contributed by atoms with van der Waals surface area (Å²) in [6, 6.07) is 9.58. The Morgan fingerprint density at radius 2 is 1.86 bits per heavy atom. The van der Waals surface area contributed by atoms with Crippen molar-refractivity contribution in [3.05, 3.63) is 48.3 Å². The monoisotopic (exact) mass is 308 g/mol. The van der Waals surface area contributed by atoms with Crippen LogP contribution in [0.2, 0.25) is 0 Å². The first kappa shape index (κ1) is 15.7. The maximum atomic E-state index is 12.7. The van der Waals surface area contributed by atoms with E-state index in [4.69, 9.17) is 0 Å². The summed E-state index contributed by atoms with van der Waals surface area (Å²) in [4.78, 5) is 2.15. The van der Waals surface area contributed by atoms with Crippen molar-refractivity contribution in [1.29, 1.82) is 0 Å². The van der Waals surface area contributed by atoms with Crippen LogP contribution in [0.5, 0.6) is 0 Å². The van der Waals surface area contributed by atoms with Crippen LogP contribution in [0.3, 0.4) is 0 Å². The molecule has 1 N–H and O–H groups in total. The first-order valence-electron chi connectivity index (χ1n) is 6.68. The van der Waals surface area contributed by atoms with Crippen molar-refractivity contribution in [2.24, 2.45) is 0 Å². The van der Waals surface area contributed by atoms with E-state index in [9.17, 15) is 8.42 Å². The van der Waals surface area contributed by atoms with Gasteiger partial charge in [0, 0.05) is 25.8 Å². The van der Waals surface area contributed by atoms with E-state index < -0.39 is 10.0 Å². The van der Waals surface area contributed by atoms with Gasteiger partial charge in [-0.2, -0.15) is 9.40 Å². The Labute approximate surface area is 125 Å². The highest BCUT2D eigenvalue weighted by molar-refractivity contribution is 7.89. The summed E-state index contributed by atoms with van der Waals surface area (Å²) in [6.07, 6.45) is 2.74. The van der Waals surface area contributed by atoms with E-state index in [0.29, 0.717) is 19.6 Å². The van der Waals surface area contributed by atoms with Crippen LogP contribution in [0.4, 0.5) is 0 Å². The van der Waals surface area contributed by atoms with Gasteiger partial charge in [-0.3, -0.25) is 5.10 Å². The quantitative estimate of drug-likeness (QED) is 0.833. The molecule has 0 atom stereocenters. The van der Waals surface area contributed by atoms with Crippen molar-refractivity contribution in [1.82, 2.24) is 19.4 Å². The first-order chi connectivity index (χ1) is 10.00. The lowest BCUT2D eigenvalue weighted by Crippen LogP contribution is -2.36. The van der Waals surface area contributed by atoms with Gasteiger partial charge in [0.05, 0.1) is 6.20 Å². The van der Waals surface area contributed by atoms with Crippen molar-refractivity contribution >= 4 is 10.0 Å². The summed E-state index contributed by atoms with van der Waals surface area (Å²) in [5, 5.41) is 6.29. The Kier molecular flexibility index (Phi) is 5.11. The number of nitrogens with zero attached hydrogens (tertiary/aromatic N) is 3. The Bertz CT molecular complexity index is 639. The van der Waals surface area contributed by atoms with Gasteiger partial charge >= 0.3 is 0 Å². The molecule has 0 aliphatic rings. The van der Waals surface area contributed by atoms with Gasteiger partial charge in [-0.1, -0.05) is 30.3 Å². The van der Waals surface area contributed by atoms with Crippen LogP contribution in [-0.2, 0) is 16.6 Å². The lowest BCUT2D eigenvalue weighted by molar-refractivity contribution is 0.329. The fourth-order valence-corrected chi connectivity index (χ4v) is 3.24. The fourth-order valence-electron chi connectivity index (χ4n) is 1.91. The van der Waals surface area contributed by atoms with Crippen LogP contribution in [0.1, 0.15) is 5.56 Å². The third-order valence-corrected chi connectivity index (χ3v) is 4.92. The van der Waals surface area contributed by atoms with Crippen molar-refractivity contribution in [3.8, 4) is 0 Å². The summed E-state index contributed by atoms with van der Waals surface area (Å²) in [5.74, 6) is 0. The summed E-state index contributed by atoms with van der Waals surface area (Å²) in [7, 11) is 0.305. The van der Waals surface area contributed by atoms with E-state index in [1.807, 2.05) is 49.3 Å². The minimum atomic E-state index is -3.54. The normalized spacial score (nSPS) is 12.2. The predicted molar refractivity (Wildman–Crippen MR) is 81.2 cm³/mol. The molecule has 1 heterocycles. The number of rotatable bonds is 7. The molecule has 2 aromatic rings. The second-order valence-electron chi connectivity index (χ2n) is 5.06. The van der Waals surface area contributed by atoms with Gasteiger partial charge in [-0.15, -0.1) is 0 Å². The molecule has 0 saturated carbocycles. The van der Waals surface area contributed by atoms with E-state index >= 15 is 0 Å². The van der Waals surface area contributed by atoms with Crippen LogP contribution in [0.15, 0.2) is 47.6 Å². The molecule has 0 aliphatic heterocycles. The molecule has 0 amide bonds. The Morgan fingerprint density at radius 3 is 2.43 bits per heavy atom. The number of likely N-dealkylation sites (N-methyl/N-ethyl adjacent to an activating group) is 1. The third kappa shape index (κ3) is 4.13. The average molecular weight is 308 g/mol. The smallest absolute Gasteiger partial charge is 0.246 e. The first-order valence-corrected chi connectivity index (χ1v) is 8.12. The molecule has 1 aromatic heterocycles. The molecule has 6 nitrogen and oxygen atoms in total. The molecular formula is C14H20N4O2S. The number of benzene rings is 1. The Morgan fingerprint density at radius 1 is 1.14 bits per heavy atom. The number of nitrogens with one attached hydrogen (secondary N) is 1. The van der Waals surface area contributed by atoms with Gasteiger partial charge in [0.15, 0.2) is 0 Å². The van der Waals surface area contributed by atoms with E-state index in [-0.39, 0.29) is 4.90 Å². The molecule has 2 rings (SSSR count). The molecule has 0 unspecified atom stereocenters. The van der Waals surface area contributed by atoms with E-state index in [2.05, 4.69) is 10.2 Å². The topological polar surface area (TPSA) is 69.3 Å². The maximum absolute atomic E-state index is 12.7. The zero-order valence-electron chi connectivity index (χ0n) is 12.2. The van der Waals surface area contributed by atoms with Gasteiger partial charge in [-0.05, 0) is 19.7 Å². The third-order valence-electron chi connectivity index (χ3n) is 3.11. The van der Waals surface area contributed by atoms with Crippen LogP contribution in [0, 0.1) is 0 Å². The zero-order valence-corrected chi connectivity index (χ0v) is 13.0. The van der Waals surface area contributed by atoms with Gasteiger partial charge in [-0.25, -0.2) is 8.42 Å². The maximum Gasteiger partial charge on any atom is 0.246 e. The molecule has 0 fully saturated rings. The van der Waals surface area contributed by atoms with Crippen LogP contribution in [-0.4, -0.2) is 55.0 Å². The molecule has 1 aromatic carbocycles. The van der Waals surface area contributed by atoms with Crippen molar-refractivity contribution in [2.75, 3.05) is 27.2 Å². The summed E-state index contributed by atoms with van der Waals surface area (Å²) in [6.45, 7) is 1.43. The summed E-state index contributed by atoms with van der Waals surface area (Å²) in [5.41, 5.74) is 0.961. The van der Waals surface area contributed by atoms with Crippen molar-refractivity contribution < 1.29 is 8.42 Å². The molecule has 0 bridgehead atoms. The minimum absolute atomic E-state index is 0.192. The summed E-state index contributed by atoms with van der Waals surface area (Å²) < 4.78 is 26.8. The van der Waals surface area contributed by atoms with Crippen LogP contribution < -0.4 is 0 Å². The SMILES string of the molecule is CN(C)CCN(Cc1ccccc1)S(=O)(=O)c1cn[nH]c1.